The third kappa shape index (κ3) is 2.62. The van der Waals surface area contributed by atoms with Crippen LogP contribution in [0.2, 0.25) is 0 Å². The van der Waals surface area contributed by atoms with Gasteiger partial charge in [-0.25, -0.2) is 0 Å². The first-order valence-corrected chi connectivity index (χ1v) is 7.30. The summed E-state index contributed by atoms with van der Waals surface area (Å²) in [6.07, 6.45) is 1.20. The average Bonchev–Trinajstić information content (AvgIpc) is 2.71. The Labute approximate surface area is 120 Å². The zero-order chi connectivity index (χ0) is 13.9. The molecule has 2 N–H and O–H groups in total. The molecule has 106 valence electrons. The lowest BCUT2D eigenvalue weighted by atomic mass is 10.1. The third-order valence-corrected chi connectivity index (χ3v) is 4.02. The van der Waals surface area contributed by atoms with E-state index < -0.39 is 0 Å². The van der Waals surface area contributed by atoms with E-state index in [4.69, 9.17) is 5.73 Å². The van der Waals surface area contributed by atoms with E-state index in [1.165, 1.54) is 24.0 Å². The molecule has 2 aromatic rings. The molecule has 20 heavy (non-hydrogen) atoms. The van der Waals surface area contributed by atoms with Crippen molar-refractivity contribution < 1.29 is 0 Å². The first-order chi connectivity index (χ1) is 9.78. The SMILES string of the molecule is CN1CCCN(c2cc(CN)nc3ccccc23)CC1. The van der Waals surface area contributed by atoms with Gasteiger partial charge in [-0.1, -0.05) is 18.2 Å². The van der Waals surface area contributed by atoms with Gasteiger partial charge in [0.15, 0.2) is 0 Å². The van der Waals surface area contributed by atoms with E-state index in [0.717, 1.165) is 30.8 Å². The molecule has 3 rings (SSSR count). The highest BCUT2D eigenvalue weighted by Crippen LogP contribution is 2.27. The van der Waals surface area contributed by atoms with Crippen LogP contribution in [0.25, 0.3) is 10.9 Å². The summed E-state index contributed by atoms with van der Waals surface area (Å²) in [6.45, 7) is 4.93. The predicted molar refractivity (Wildman–Crippen MR) is 84.0 cm³/mol. The minimum absolute atomic E-state index is 0.492. The van der Waals surface area contributed by atoms with Crippen molar-refractivity contribution in [3.8, 4) is 0 Å². The fourth-order valence-corrected chi connectivity index (χ4v) is 2.86. The molecule has 1 aliphatic heterocycles. The highest BCUT2D eigenvalue weighted by molar-refractivity contribution is 5.92. The largest absolute Gasteiger partial charge is 0.370 e. The van der Waals surface area contributed by atoms with Gasteiger partial charge in [-0.2, -0.15) is 0 Å². The maximum atomic E-state index is 5.80. The number of aromatic nitrogens is 1. The van der Waals surface area contributed by atoms with E-state index >= 15 is 0 Å². The monoisotopic (exact) mass is 270 g/mol. The van der Waals surface area contributed by atoms with Crippen LogP contribution in [0.1, 0.15) is 12.1 Å². The molecule has 1 aromatic heterocycles. The Balaban J connectivity index is 2.04. The lowest BCUT2D eigenvalue weighted by Gasteiger charge is -2.25. The first-order valence-electron chi connectivity index (χ1n) is 7.30. The summed E-state index contributed by atoms with van der Waals surface area (Å²) in [7, 11) is 2.19. The molecule has 1 fully saturated rings. The Hall–Kier alpha value is -1.65. The molecule has 0 spiro atoms. The van der Waals surface area contributed by atoms with Gasteiger partial charge in [0.05, 0.1) is 11.2 Å². The Morgan fingerprint density at radius 3 is 2.85 bits per heavy atom. The molecule has 0 saturated carbocycles. The Morgan fingerprint density at radius 1 is 1.15 bits per heavy atom. The predicted octanol–water partition coefficient (Wildman–Crippen LogP) is 1.84. The summed E-state index contributed by atoms with van der Waals surface area (Å²) in [5.41, 5.74) is 9.10. The number of anilines is 1. The van der Waals surface area contributed by atoms with Gasteiger partial charge >= 0.3 is 0 Å². The van der Waals surface area contributed by atoms with Crippen molar-refractivity contribution in [1.29, 1.82) is 0 Å². The van der Waals surface area contributed by atoms with Crippen molar-refractivity contribution >= 4 is 16.6 Å². The topological polar surface area (TPSA) is 45.4 Å². The normalized spacial score (nSPS) is 17.4. The number of benzene rings is 1. The Morgan fingerprint density at radius 2 is 2.00 bits per heavy atom. The lowest BCUT2D eigenvalue weighted by Crippen LogP contribution is -2.29. The van der Waals surface area contributed by atoms with Gasteiger partial charge in [0, 0.05) is 37.3 Å². The zero-order valence-electron chi connectivity index (χ0n) is 12.0. The van der Waals surface area contributed by atoms with Crippen LogP contribution >= 0.6 is 0 Å². The van der Waals surface area contributed by atoms with E-state index in [2.05, 4.69) is 46.1 Å². The Kier molecular flexibility index (Phi) is 3.85. The van der Waals surface area contributed by atoms with Crippen LogP contribution in [0.3, 0.4) is 0 Å². The smallest absolute Gasteiger partial charge is 0.0726 e. The number of hydrogen-bond donors (Lipinski definition) is 1. The van der Waals surface area contributed by atoms with Gasteiger partial charge in [-0.05, 0) is 32.1 Å². The number of para-hydroxylation sites is 1. The summed E-state index contributed by atoms with van der Waals surface area (Å²) in [5.74, 6) is 0. The van der Waals surface area contributed by atoms with Gasteiger partial charge in [0.25, 0.3) is 0 Å². The summed E-state index contributed by atoms with van der Waals surface area (Å²) in [5, 5.41) is 1.23. The van der Waals surface area contributed by atoms with Crippen LogP contribution < -0.4 is 10.6 Å². The standard InChI is InChI=1S/C16H22N4/c1-19-7-4-8-20(10-9-19)16-11-13(12-17)18-15-6-3-2-5-14(15)16/h2-3,5-6,11H,4,7-10,12,17H2,1H3. The van der Waals surface area contributed by atoms with Crippen LogP contribution in [0, 0.1) is 0 Å². The molecule has 1 saturated heterocycles. The first kappa shape index (κ1) is 13.3. The number of fused-ring (bicyclic) bond motifs is 1. The number of likely N-dealkylation sites (N-methyl/N-ethyl adjacent to an activating group) is 1. The minimum atomic E-state index is 0.492. The molecule has 4 heteroatoms. The van der Waals surface area contributed by atoms with Gasteiger partial charge in [0.1, 0.15) is 0 Å². The van der Waals surface area contributed by atoms with Gasteiger partial charge in [-0.15, -0.1) is 0 Å². The van der Waals surface area contributed by atoms with E-state index in [1.807, 2.05) is 6.07 Å². The number of hydrogen-bond acceptors (Lipinski definition) is 4. The molecule has 4 nitrogen and oxygen atoms in total. The average molecular weight is 270 g/mol. The van der Waals surface area contributed by atoms with Crippen LogP contribution in [0.4, 0.5) is 5.69 Å². The molecule has 2 heterocycles. The molecule has 0 bridgehead atoms. The summed E-state index contributed by atoms with van der Waals surface area (Å²) >= 11 is 0. The van der Waals surface area contributed by atoms with Crippen molar-refractivity contribution in [1.82, 2.24) is 9.88 Å². The number of nitrogens with zero attached hydrogens (tertiary/aromatic N) is 3. The molecule has 1 aromatic carbocycles. The fourth-order valence-electron chi connectivity index (χ4n) is 2.86. The molecule has 0 radical (unpaired) electrons. The van der Waals surface area contributed by atoms with Gasteiger partial charge in [0.2, 0.25) is 0 Å². The van der Waals surface area contributed by atoms with Gasteiger partial charge < -0.3 is 15.5 Å². The molecule has 1 aliphatic rings. The van der Waals surface area contributed by atoms with E-state index in [1.54, 1.807) is 0 Å². The number of nitrogens with two attached hydrogens (primary N) is 1. The highest BCUT2D eigenvalue weighted by Gasteiger charge is 2.15. The van der Waals surface area contributed by atoms with Gasteiger partial charge in [-0.3, -0.25) is 4.98 Å². The van der Waals surface area contributed by atoms with Crippen molar-refractivity contribution in [2.45, 2.75) is 13.0 Å². The van der Waals surface area contributed by atoms with Crippen LogP contribution in [-0.4, -0.2) is 43.1 Å². The lowest BCUT2D eigenvalue weighted by molar-refractivity contribution is 0.360. The fraction of sp³-hybridized carbons (Fsp3) is 0.438. The van der Waals surface area contributed by atoms with E-state index in [-0.39, 0.29) is 0 Å². The van der Waals surface area contributed by atoms with Crippen LogP contribution in [-0.2, 0) is 6.54 Å². The summed E-state index contributed by atoms with van der Waals surface area (Å²) in [4.78, 5) is 9.50. The van der Waals surface area contributed by atoms with E-state index in [0.29, 0.717) is 6.54 Å². The number of rotatable bonds is 2. The van der Waals surface area contributed by atoms with Crippen molar-refractivity contribution in [3.05, 3.63) is 36.0 Å². The van der Waals surface area contributed by atoms with Crippen LogP contribution in [0.5, 0.6) is 0 Å². The second kappa shape index (κ2) is 5.77. The third-order valence-electron chi connectivity index (χ3n) is 4.02. The second-order valence-electron chi connectivity index (χ2n) is 5.50. The molecular weight excluding hydrogens is 248 g/mol. The maximum absolute atomic E-state index is 5.80. The molecule has 0 aliphatic carbocycles. The number of pyridine rings is 1. The molecular formula is C16H22N4. The summed E-state index contributed by atoms with van der Waals surface area (Å²) < 4.78 is 0. The van der Waals surface area contributed by atoms with Crippen molar-refractivity contribution in [2.75, 3.05) is 38.1 Å². The van der Waals surface area contributed by atoms with E-state index in [9.17, 15) is 0 Å². The molecule has 0 amide bonds. The van der Waals surface area contributed by atoms with Crippen molar-refractivity contribution in [2.24, 2.45) is 5.73 Å². The maximum Gasteiger partial charge on any atom is 0.0726 e. The minimum Gasteiger partial charge on any atom is -0.370 e. The molecule has 0 unspecified atom stereocenters. The van der Waals surface area contributed by atoms with Crippen molar-refractivity contribution in [3.63, 3.8) is 0 Å². The Bertz CT molecular complexity index is 596. The second-order valence-corrected chi connectivity index (χ2v) is 5.50. The highest BCUT2D eigenvalue weighted by atomic mass is 15.2. The molecule has 0 atom stereocenters. The van der Waals surface area contributed by atoms with Crippen LogP contribution in [0.15, 0.2) is 30.3 Å². The summed E-state index contributed by atoms with van der Waals surface area (Å²) in [6, 6.07) is 10.5. The quantitative estimate of drug-likeness (QED) is 0.904. The zero-order valence-corrected chi connectivity index (χ0v) is 12.0.